The van der Waals surface area contributed by atoms with Gasteiger partial charge in [0.15, 0.2) is 0 Å². The molecule has 2 aromatic carbocycles. The highest BCUT2D eigenvalue weighted by atomic mass is 35.5. The van der Waals surface area contributed by atoms with Crippen molar-refractivity contribution in [3.8, 4) is 22.6 Å². The summed E-state index contributed by atoms with van der Waals surface area (Å²) in [7, 11) is 1.67. The number of aromatic nitrogens is 4. The summed E-state index contributed by atoms with van der Waals surface area (Å²) in [6, 6.07) is 13.9. The summed E-state index contributed by atoms with van der Waals surface area (Å²) in [6.45, 7) is 0.364. The fourth-order valence-corrected chi connectivity index (χ4v) is 3.06. The number of aromatic amines is 1. The van der Waals surface area contributed by atoms with E-state index in [1.807, 2.05) is 24.3 Å². The maximum absolute atomic E-state index is 13.1. The lowest BCUT2D eigenvalue weighted by Gasteiger charge is -2.05. The SMILES string of the molecule is Cn1ncc(C(=O)NCc2ccc(-c3ncc(-c4ccc(F)cc4)[nH]3)cc2)c1Cl. The summed E-state index contributed by atoms with van der Waals surface area (Å²) in [5.74, 6) is 0.158. The van der Waals surface area contributed by atoms with E-state index in [2.05, 4.69) is 20.4 Å². The molecule has 0 aliphatic heterocycles. The van der Waals surface area contributed by atoms with Crippen LogP contribution in [0.2, 0.25) is 5.15 Å². The maximum Gasteiger partial charge on any atom is 0.256 e. The Kier molecular flexibility index (Phi) is 5.14. The first-order valence-electron chi connectivity index (χ1n) is 8.87. The van der Waals surface area contributed by atoms with Gasteiger partial charge in [0.05, 0.1) is 23.7 Å². The third-order valence-corrected chi connectivity index (χ3v) is 4.97. The van der Waals surface area contributed by atoms with Crippen molar-refractivity contribution in [2.24, 2.45) is 7.05 Å². The number of carbonyl (C=O) groups excluding carboxylic acids is 1. The van der Waals surface area contributed by atoms with Crippen molar-refractivity contribution in [2.75, 3.05) is 0 Å². The molecule has 1 amide bonds. The Labute approximate surface area is 171 Å². The quantitative estimate of drug-likeness (QED) is 0.518. The Morgan fingerprint density at radius 3 is 2.45 bits per heavy atom. The molecule has 0 aliphatic rings. The van der Waals surface area contributed by atoms with Crippen LogP contribution in [0.15, 0.2) is 60.9 Å². The minimum atomic E-state index is -0.276. The van der Waals surface area contributed by atoms with Gasteiger partial charge in [-0.1, -0.05) is 35.9 Å². The number of halogens is 2. The molecule has 146 valence electrons. The zero-order chi connectivity index (χ0) is 20.4. The molecular formula is C21H17ClFN5O. The van der Waals surface area contributed by atoms with Crippen molar-refractivity contribution in [1.29, 1.82) is 0 Å². The molecule has 0 aliphatic carbocycles. The van der Waals surface area contributed by atoms with E-state index in [1.165, 1.54) is 23.0 Å². The molecule has 0 saturated carbocycles. The van der Waals surface area contributed by atoms with E-state index < -0.39 is 0 Å². The lowest BCUT2D eigenvalue weighted by Crippen LogP contribution is -2.22. The number of aryl methyl sites for hydroxylation is 1. The minimum Gasteiger partial charge on any atom is -0.348 e. The van der Waals surface area contributed by atoms with Crippen LogP contribution in [0.1, 0.15) is 15.9 Å². The predicted molar refractivity (Wildman–Crippen MR) is 109 cm³/mol. The predicted octanol–water partition coefficient (Wildman–Crippen LogP) is 4.20. The zero-order valence-electron chi connectivity index (χ0n) is 15.5. The van der Waals surface area contributed by atoms with Gasteiger partial charge in [0.1, 0.15) is 16.8 Å². The molecule has 4 aromatic rings. The van der Waals surface area contributed by atoms with Crippen molar-refractivity contribution in [2.45, 2.75) is 6.54 Å². The molecule has 4 rings (SSSR count). The van der Waals surface area contributed by atoms with Crippen LogP contribution in [0.3, 0.4) is 0 Å². The summed E-state index contributed by atoms with van der Waals surface area (Å²) in [5.41, 5.74) is 3.86. The molecule has 2 heterocycles. The number of H-pyrrole nitrogens is 1. The van der Waals surface area contributed by atoms with Crippen LogP contribution in [0.25, 0.3) is 22.6 Å². The van der Waals surface area contributed by atoms with Gasteiger partial charge in [-0.25, -0.2) is 9.37 Å². The van der Waals surface area contributed by atoms with Gasteiger partial charge < -0.3 is 10.3 Å². The molecule has 0 unspecified atom stereocenters. The van der Waals surface area contributed by atoms with Crippen molar-refractivity contribution in [3.05, 3.63) is 83.0 Å². The van der Waals surface area contributed by atoms with Crippen molar-refractivity contribution in [1.82, 2.24) is 25.1 Å². The van der Waals surface area contributed by atoms with Gasteiger partial charge in [-0.2, -0.15) is 5.10 Å². The molecule has 0 bridgehead atoms. The molecule has 0 saturated heterocycles. The highest BCUT2D eigenvalue weighted by Crippen LogP contribution is 2.23. The molecule has 2 aromatic heterocycles. The van der Waals surface area contributed by atoms with Crippen LogP contribution >= 0.6 is 11.6 Å². The zero-order valence-corrected chi connectivity index (χ0v) is 16.2. The van der Waals surface area contributed by atoms with E-state index in [9.17, 15) is 9.18 Å². The molecule has 0 radical (unpaired) electrons. The highest BCUT2D eigenvalue weighted by molar-refractivity contribution is 6.32. The monoisotopic (exact) mass is 409 g/mol. The van der Waals surface area contributed by atoms with Crippen LogP contribution < -0.4 is 5.32 Å². The van der Waals surface area contributed by atoms with Gasteiger partial charge in [0.2, 0.25) is 0 Å². The standard InChI is InChI=1S/C21H17ClFN5O/c1-28-19(22)17(11-26-28)21(29)25-10-13-2-4-15(5-3-13)20-24-12-18(27-20)14-6-8-16(23)9-7-14/h2-9,11-12H,10H2,1H3,(H,24,27)(H,25,29). The third kappa shape index (κ3) is 4.05. The summed E-state index contributed by atoms with van der Waals surface area (Å²) in [5, 5.41) is 7.09. The Morgan fingerprint density at radius 2 is 1.79 bits per heavy atom. The van der Waals surface area contributed by atoms with Gasteiger partial charge in [-0.05, 0) is 35.4 Å². The first-order valence-corrected chi connectivity index (χ1v) is 9.25. The van der Waals surface area contributed by atoms with Crippen LogP contribution in [-0.4, -0.2) is 25.7 Å². The Morgan fingerprint density at radius 1 is 1.10 bits per heavy atom. The summed E-state index contributed by atoms with van der Waals surface area (Å²) in [4.78, 5) is 19.8. The van der Waals surface area contributed by atoms with Crippen molar-refractivity contribution >= 4 is 17.5 Å². The normalized spacial score (nSPS) is 10.9. The molecule has 8 heteroatoms. The largest absolute Gasteiger partial charge is 0.348 e. The van der Waals surface area contributed by atoms with Gasteiger partial charge in [-0.3, -0.25) is 9.48 Å². The van der Waals surface area contributed by atoms with Crippen LogP contribution in [0.4, 0.5) is 4.39 Å². The van der Waals surface area contributed by atoms with E-state index in [4.69, 9.17) is 11.6 Å². The summed E-state index contributed by atoms with van der Waals surface area (Å²) in [6.07, 6.45) is 3.16. The van der Waals surface area contributed by atoms with Gasteiger partial charge in [-0.15, -0.1) is 0 Å². The Bertz CT molecular complexity index is 1150. The third-order valence-electron chi connectivity index (χ3n) is 4.52. The number of rotatable bonds is 5. The van der Waals surface area contributed by atoms with Crippen LogP contribution in [0.5, 0.6) is 0 Å². The number of amides is 1. The summed E-state index contributed by atoms with van der Waals surface area (Å²) >= 11 is 6.04. The lowest BCUT2D eigenvalue weighted by atomic mass is 10.1. The highest BCUT2D eigenvalue weighted by Gasteiger charge is 2.14. The van der Waals surface area contributed by atoms with E-state index in [1.54, 1.807) is 25.4 Å². The molecule has 29 heavy (non-hydrogen) atoms. The first-order chi connectivity index (χ1) is 14.0. The fraction of sp³-hybridized carbons (Fsp3) is 0.0952. The number of hydrogen-bond acceptors (Lipinski definition) is 3. The second kappa shape index (κ2) is 7.89. The van der Waals surface area contributed by atoms with Gasteiger partial charge >= 0.3 is 0 Å². The molecule has 2 N–H and O–H groups in total. The van der Waals surface area contributed by atoms with Crippen molar-refractivity contribution in [3.63, 3.8) is 0 Å². The number of carbonyl (C=O) groups is 1. The smallest absolute Gasteiger partial charge is 0.256 e. The number of benzene rings is 2. The Hall–Kier alpha value is -3.45. The molecule has 0 spiro atoms. The number of hydrogen-bond donors (Lipinski definition) is 2. The van der Waals surface area contributed by atoms with E-state index in [-0.39, 0.29) is 11.7 Å². The van der Waals surface area contributed by atoms with E-state index >= 15 is 0 Å². The van der Waals surface area contributed by atoms with Crippen LogP contribution in [0, 0.1) is 5.82 Å². The molecule has 0 fully saturated rings. The first kappa shape index (κ1) is 18.9. The average Bonchev–Trinajstić information content (AvgIpc) is 3.35. The number of nitrogens with zero attached hydrogens (tertiary/aromatic N) is 3. The van der Waals surface area contributed by atoms with Crippen LogP contribution in [-0.2, 0) is 13.6 Å². The second-order valence-corrected chi connectivity index (χ2v) is 6.86. The van der Waals surface area contributed by atoms with E-state index in [0.29, 0.717) is 23.1 Å². The number of nitrogens with one attached hydrogen (secondary N) is 2. The topological polar surface area (TPSA) is 75.6 Å². The van der Waals surface area contributed by atoms with Gasteiger partial charge in [0, 0.05) is 19.2 Å². The molecule has 0 atom stereocenters. The second-order valence-electron chi connectivity index (χ2n) is 6.50. The average molecular weight is 410 g/mol. The lowest BCUT2D eigenvalue weighted by molar-refractivity contribution is 0.0951. The summed E-state index contributed by atoms with van der Waals surface area (Å²) < 4.78 is 14.5. The molecule has 6 nitrogen and oxygen atoms in total. The maximum atomic E-state index is 13.1. The number of imidazole rings is 1. The Balaban J connectivity index is 1.42. The van der Waals surface area contributed by atoms with Crippen molar-refractivity contribution < 1.29 is 9.18 Å². The minimum absolute atomic E-state index is 0.276. The van der Waals surface area contributed by atoms with Gasteiger partial charge in [0.25, 0.3) is 5.91 Å². The fourth-order valence-electron chi connectivity index (χ4n) is 2.88. The van der Waals surface area contributed by atoms with E-state index in [0.717, 1.165) is 22.4 Å². The molecular weight excluding hydrogens is 393 g/mol.